The predicted octanol–water partition coefficient (Wildman–Crippen LogP) is 2.97. The summed E-state index contributed by atoms with van der Waals surface area (Å²) in [5.41, 5.74) is 2.46. The van der Waals surface area contributed by atoms with Gasteiger partial charge in [0, 0.05) is 41.7 Å². The Balaban J connectivity index is 1.48. The summed E-state index contributed by atoms with van der Waals surface area (Å²) in [5.74, 6) is 0.500. The van der Waals surface area contributed by atoms with Crippen molar-refractivity contribution >= 4 is 28.6 Å². The molecular formula is C24H24FN3O4. The molecule has 2 N–H and O–H groups in total. The molecule has 1 unspecified atom stereocenters. The number of aromatic nitrogens is 1. The molecule has 1 aromatic carbocycles. The highest BCUT2D eigenvalue weighted by Gasteiger charge is 2.38. The standard InChI is InChI=1S/C24H24FN3O4/c1-24(2)18(14-3-6-21(26-11-14)28-7-8-31-16(12-28)13-29)10-20(32-24)22-17-9-15(25)4-5-19(17)27-23(22)30/h3-6,9-11,16,29H,7-8,12-13H2,1-2H3,(H,27,30). The van der Waals surface area contributed by atoms with Crippen LogP contribution in [-0.2, 0) is 14.3 Å². The largest absolute Gasteiger partial charge is 0.482 e. The van der Waals surface area contributed by atoms with E-state index >= 15 is 0 Å². The van der Waals surface area contributed by atoms with Gasteiger partial charge in [0.1, 0.15) is 23.0 Å². The minimum absolute atomic E-state index is 0.0228. The number of allylic oxidation sites excluding steroid dienone is 1. The van der Waals surface area contributed by atoms with Gasteiger partial charge in [-0.3, -0.25) is 4.79 Å². The van der Waals surface area contributed by atoms with Gasteiger partial charge in [-0.15, -0.1) is 0 Å². The Morgan fingerprint density at radius 1 is 1.31 bits per heavy atom. The molecule has 3 aliphatic heterocycles. The third-order valence-corrected chi connectivity index (χ3v) is 5.99. The lowest BCUT2D eigenvalue weighted by atomic mass is 9.93. The predicted molar refractivity (Wildman–Crippen MR) is 118 cm³/mol. The number of aliphatic hydroxyl groups is 1. The Labute approximate surface area is 185 Å². The molecule has 1 atom stereocenters. The molecule has 0 saturated carbocycles. The number of anilines is 2. The zero-order valence-corrected chi connectivity index (χ0v) is 17.9. The van der Waals surface area contributed by atoms with Gasteiger partial charge in [0.15, 0.2) is 0 Å². The number of hydrogen-bond donors (Lipinski definition) is 2. The van der Waals surface area contributed by atoms with Gasteiger partial charge in [-0.25, -0.2) is 9.37 Å². The van der Waals surface area contributed by atoms with E-state index in [4.69, 9.17) is 9.47 Å². The molecule has 8 heteroatoms. The quantitative estimate of drug-likeness (QED) is 0.719. The van der Waals surface area contributed by atoms with Crippen molar-refractivity contribution in [2.75, 3.05) is 36.5 Å². The second-order valence-electron chi connectivity index (χ2n) is 8.58. The van der Waals surface area contributed by atoms with E-state index in [2.05, 4.69) is 15.2 Å². The lowest BCUT2D eigenvalue weighted by Crippen LogP contribution is -2.44. The molecule has 1 aromatic heterocycles. The van der Waals surface area contributed by atoms with Gasteiger partial charge < -0.3 is 24.8 Å². The second-order valence-corrected chi connectivity index (χ2v) is 8.58. The van der Waals surface area contributed by atoms with Gasteiger partial charge in [0.05, 0.1) is 24.9 Å². The highest BCUT2D eigenvalue weighted by Crippen LogP contribution is 2.44. The Bertz CT molecular complexity index is 1140. The van der Waals surface area contributed by atoms with E-state index in [1.807, 2.05) is 32.1 Å². The zero-order valence-electron chi connectivity index (χ0n) is 17.9. The van der Waals surface area contributed by atoms with Crippen LogP contribution in [0.25, 0.3) is 11.1 Å². The Kier molecular flexibility index (Phi) is 4.98. The number of ether oxygens (including phenoxy) is 2. The number of fused-ring (bicyclic) bond motifs is 1. The number of aliphatic hydroxyl groups excluding tert-OH is 1. The molecule has 1 saturated heterocycles. The van der Waals surface area contributed by atoms with E-state index in [0.717, 1.165) is 17.0 Å². The monoisotopic (exact) mass is 437 g/mol. The first kappa shape index (κ1) is 20.7. The summed E-state index contributed by atoms with van der Waals surface area (Å²) in [6.45, 7) is 5.66. The average Bonchev–Trinajstić information content (AvgIpc) is 3.28. The highest BCUT2D eigenvalue weighted by molar-refractivity contribution is 6.32. The van der Waals surface area contributed by atoms with E-state index in [1.54, 1.807) is 12.3 Å². The SMILES string of the molecule is CC1(C)OC(=C2C(=O)Nc3ccc(F)cc32)C=C1c1ccc(N2CCOC(CO)C2)nc1. The van der Waals surface area contributed by atoms with E-state index < -0.39 is 11.4 Å². The molecule has 1 amide bonds. The molecule has 5 rings (SSSR count). The van der Waals surface area contributed by atoms with Crippen LogP contribution >= 0.6 is 0 Å². The summed E-state index contributed by atoms with van der Waals surface area (Å²) in [6.07, 6.45) is 3.41. The summed E-state index contributed by atoms with van der Waals surface area (Å²) in [4.78, 5) is 19.3. The summed E-state index contributed by atoms with van der Waals surface area (Å²) in [6, 6.07) is 8.12. The third kappa shape index (κ3) is 3.55. The van der Waals surface area contributed by atoms with Gasteiger partial charge in [-0.05, 0) is 50.3 Å². The highest BCUT2D eigenvalue weighted by atomic mass is 19.1. The first-order valence-corrected chi connectivity index (χ1v) is 10.6. The normalized spacial score (nSPS) is 24.1. The van der Waals surface area contributed by atoms with Crippen LogP contribution in [0.2, 0.25) is 0 Å². The Morgan fingerprint density at radius 2 is 2.16 bits per heavy atom. The number of nitrogens with one attached hydrogen (secondary N) is 1. The number of benzene rings is 1. The molecular weight excluding hydrogens is 413 g/mol. The number of nitrogens with zero attached hydrogens (tertiary/aromatic N) is 2. The Hall–Kier alpha value is -3.23. The number of amides is 1. The Morgan fingerprint density at radius 3 is 2.91 bits per heavy atom. The summed E-state index contributed by atoms with van der Waals surface area (Å²) in [5, 5.41) is 12.1. The smallest absolute Gasteiger partial charge is 0.260 e. The van der Waals surface area contributed by atoms with Crippen LogP contribution in [0.3, 0.4) is 0 Å². The van der Waals surface area contributed by atoms with Crippen LogP contribution in [0.5, 0.6) is 0 Å². The molecule has 2 aromatic rings. The van der Waals surface area contributed by atoms with Crippen molar-refractivity contribution in [2.24, 2.45) is 0 Å². The van der Waals surface area contributed by atoms with Gasteiger partial charge >= 0.3 is 0 Å². The van der Waals surface area contributed by atoms with Crippen LogP contribution in [0, 0.1) is 5.82 Å². The molecule has 7 nitrogen and oxygen atoms in total. The molecule has 0 spiro atoms. The van der Waals surface area contributed by atoms with Gasteiger partial charge in [0.25, 0.3) is 5.91 Å². The summed E-state index contributed by atoms with van der Waals surface area (Å²) < 4.78 is 25.5. The van der Waals surface area contributed by atoms with Crippen LogP contribution in [0.15, 0.2) is 48.4 Å². The maximum Gasteiger partial charge on any atom is 0.260 e. The lowest BCUT2D eigenvalue weighted by molar-refractivity contribution is -0.111. The van der Waals surface area contributed by atoms with Gasteiger partial charge in [-0.1, -0.05) is 0 Å². The molecule has 4 heterocycles. The zero-order chi connectivity index (χ0) is 22.5. The number of morpholine rings is 1. The van der Waals surface area contributed by atoms with Crippen molar-refractivity contribution in [3.05, 3.63) is 65.3 Å². The maximum absolute atomic E-state index is 13.8. The van der Waals surface area contributed by atoms with Gasteiger partial charge in [0.2, 0.25) is 0 Å². The fraction of sp³-hybridized carbons (Fsp3) is 0.333. The fourth-order valence-corrected chi connectivity index (χ4v) is 4.37. The van der Waals surface area contributed by atoms with Crippen LogP contribution < -0.4 is 10.2 Å². The van der Waals surface area contributed by atoms with Crippen LogP contribution in [0.1, 0.15) is 25.0 Å². The summed E-state index contributed by atoms with van der Waals surface area (Å²) in [7, 11) is 0. The molecule has 0 bridgehead atoms. The second kappa shape index (κ2) is 7.72. The molecule has 0 radical (unpaired) electrons. The van der Waals surface area contributed by atoms with Gasteiger partial charge in [-0.2, -0.15) is 0 Å². The van der Waals surface area contributed by atoms with E-state index in [9.17, 15) is 14.3 Å². The lowest BCUT2D eigenvalue weighted by Gasteiger charge is -2.33. The number of rotatable bonds is 3. The molecule has 3 aliphatic rings. The minimum atomic E-state index is -0.692. The van der Waals surface area contributed by atoms with Crippen molar-refractivity contribution < 1.29 is 23.8 Å². The third-order valence-electron chi connectivity index (χ3n) is 5.99. The summed E-state index contributed by atoms with van der Waals surface area (Å²) >= 11 is 0. The fourth-order valence-electron chi connectivity index (χ4n) is 4.37. The van der Waals surface area contributed by atoms with Crippen LogP contribution in [-0.4, -0.2) is 54.0 Å². The number of carbonyl (C=O) groups excluding carboxylic acids is 1. The van der Waals surface area contributed by atoms with Crippen molar-refractivity contribution in [3.8, 4) is 0 Å². The molecule has 1 fully saturated rings. The number of hydrogen-bond acceptors (Lipinski definition) is 6. The minimum Gasteiger partial charge on any atom is -0.482 e. The van der Waals surface area contributed by atoms with E-state index in [1.165, 1.54) is 12.1 Å². The first-order valence-electron chi connectivity index (χ1n) is 10.6. The first-order chi connectivity index (χ1) is 15.4. The number of carbonyl (C=O) groups is 1. The topological polar surface area (TPSA) is 83.9 Å². The molecule has 0 aliphatic carbocycles. The average molecular weight is 437 g/mol. The molecule has 32 heavy (non-hydrogen) atoms. The van der Waals surface area contributed by atoms with E-state index in [-0.39, 0.29) is 18.6 Å². The van der Waals surface area contributed by atoms with Crippen molar-refractivity contribution in [1.29, 1.82) is 0 Å². The van der Waals surface area contributed by atoms with Crippen LogP contribution in [0.4, 0.5) is 15.9 Å². The van der Waals surface area contributed by atoms with Crippen molar-refractivity contribution in [2.45, 2.75) is 25.6 Å². The van der Waals surface area contributed by atoms with Crippen molar-refractivity contribution in [3.63, 3.8) is 0 Å². The molecule has 166 valence electrons. The maximum atomic E-state index is 13.8. The number of halogens is 1. The van der Waals surface area contributed by atoms with E-state index in [0.29, 0.717) is 42.3 Å². The number of pyridine rings is 1. The van der Waals surface area contributed by atoms with Crippen molar-refractivity contribution in [1.82, 2.24) is 4.98 Å².